The van der Waals surface area contributed by atoms with Crippen LogP contribution in [-0.4, -0.2) is 19.5 Å². The van der Waals surface area contributed by atoms with Crippen molar-refractivity contribution in [2.45, 2.75) is 0 Å². The van der Waals surface area contributed by atoms with E-state index in [-0.39, 0.29) is 0 Å². The third-order valence-corrected chi connectivity index (χ3v) is 8.48. The van der Waals surface area contributed by atoms with Crippen LogP contribution >= 0.6 is 0 Å². The highest BCUT2D eigenvalue weighted by Crippen LogP contribution is 2.37. The van der Waals surface area contributed by atoms with Gasteiger partial charge < -0.3 is 8.98 Å². The number of benzene rings is 6. The third kappa shape index (κ3) is 4.37. The maximum Gasteiger partial charge on any atom is 0.199 e. The number of para-hydroxylation sites is 3. The molecule has 0 spiro atoms. The molecule has 3 aromatic heterocycles. The van der Waals surface area contributed by atoms with Gasteiger partial charge >= 0.3 is 0 Å². The van der Waals surface area contributed by atoms with Gasteiger partial charge in [0.05, 0.1) is 11.0 Å². The van der Waals surface area contributed by atoms with Gasteiger partial charge in [-0.2, -0.15) is 0 Å². The topological polar surface area (TPSA) is 56.7 Å². The van der Waals surface area contributed by atoms with Crippen LogP contribution in [0.1, 0.15) is 0 Å². The molecular formula is C41H26N4O. The van der Waals surface area contributed by atoms with Crippen molar-refractivity contribution in [3.63, 3.8) is 0 Å². The van der Waals surface area contributed by atoms with Crippen LogP contribution < -0.4 is 0 Å². The standard InChI is InChI=1S/C41H26N4O/c1-3-13-27(14-4-1)31-18-8-9-20-33(31)40-42-39(43-41(44-40)38-26-28-15-7-12-22-37(28)46-38)29-23-24-36-34(25-29)32-19-10-11-21-35(32)45(36)30-16-5-2-6-17-30/h1-26H. The molecular weight excluding hydrogens is 564 g/mol. The van der Waals surface area contributed by atoms with Crippen molar-refractivity contribution in [3.8, 4) is 51.2 Å². The van der Waals surface area contributed by atoms with Gasteiger partial charge in [-0.25, -0.2) is 15.0 Å². The summed E-state index contributed by atoms with van der Waals surface area (Å²) in [5.74, 6) is 2.27. The second kappa shape index (κ2) is 10.7. The molecule has 6 aromatic carbocycles. The summed E-state index contributed by atoms with van der Waals surface area (Å²) in [5, 5.41) is 3.30. The lowest BCUT2D eigenvalue weighted by molar-refractivity contribution is 0.625. The summed E-state index contributed by atoms with van der Waals surface area (Å²) >= 11 is 0. The van der Waals surface area contributed by atoms with Crippen molar-refractivity contribution in [2.75, 3.05) is 0 Å². The Morgan fingerprint density at radius 3 is 1.93 bits per heavy atom. The van der Waals surface area contributed by atoms with Crippen LogP contribution in [0.4, 0.5) is 0 Å². The van der Waals surface area contributed by atoms with E-state index in [0.29, 0.717) is 23.2 Å². The molecule has 0 aliphatic rings. The molecule has 0 aliphatic carbocycles. The fourth-order valence-electron chi connectivity index (χ4n) is 6.34. The van der Waals surface area contributed by atoms with Gasteiger partial charge in [-0.05, 0) is 59.7 Å². The third-order valence-electron chi connectivity index (χ3n) is 8.48. The minimum atomic E-state index is 0.492. The van der Waals surface area contributed by atoms with Crippen LogP contribution in [0.5, 0.6) is 0 Å². The predicted molar refractivity (Wildman–Crippen MR) is 186 cm³/mol. The summed E-state index contributed by atoms with van der Waals surface area (Å²) in [5.41, 5.74) is 8.17. The molecule has 5 heteroatoms. The first-order valence-corrected chi connectivity index (χ1v) is 15.3. The van der Waals surface area contributed by atoms with E-state index in [2.05, 4.69) is 95.6 Å². The van der Waals surface area contributed by atoms with Gasteiger partial charge in [-0.3, -0.25) is 0 Å². The van der Waals surface area contributed by atoms with Gasteiger partial charge in [0, 0.05) is 33.0 Å². The number of hydrogen-bond donors (Lipinski definition) is 0. The first kappa shape index (κ1) is 26.1. The summed E-state index contributed by atoms with van der Waals surface area (Å²) < 4.78 is 8.58. The zero-order valence-electron chi connectivity index (χ0n) is 24.7. The molecule has 0 saturated heterocycles. The van der Waals surface area contributed by atoms with Crippen LogP contribution in [0.2, 0.25) is 0 Å². The number of rotatable bonds is 5. The number of hydrogen-bond acceptors (Lipinski definition) is 4. The van der Waals surface area contributed by atoms with Gasteiger partial charge in [-0.15, -0.1) is 0 Å². The highest BCUT2D eigenvalue weighted by Gasteiger charge is 2.19. The van der Waals surface area contributed by atoms with E-state index in [9.17, 15) is 0 Å². The minimum Gasteiger partial charge on any atom is -0.453 e. The molecule has 3 heterocycles. The first-order valence-electron chi connectivity index (χ1n) is 15.3. The molecule has 0 aliphatic heterocycles. The van der Waals surface area contributed by atoms with E-state index in [4.69, 9.17) is 19.4 Å². The van der Waals surface area contributed by atoms with Crippen LogP contribution in [-0.2, 0) is 0 Å². The monoisotopic (exact) mass is 590 g/mol. The lowest BCUT2D eigenvalue weighted by atomic mass is 9.99. The van der Waals surface area contributed by atoms with Crippen LogP contribution in [0, 0.1) is 0 Å². The zero-order chi connectivity index (χ0) is 30.5. The van der Waals surface area contributed by atoms with E-state index < -0.39 is 0 Å². The van der Waals surface area contributed by atoms with Crippen LogP contribution in [0.3, 0.4) is 0 Å². The van der Waals surface area contributed by atoms with E-state index in [1.165, 1.54) is 5.39 Å². The Kier molecular flexibility index (Phi) is 6.06. The summed E-state index contributed by atoms with van der Waals surface area (Å²) in [6, 6.07) is 54.0. The number of aromatic nitrogens is 4. The van der Waals surface area contributed by atoms with E-state index in [0.717, 1.165) is 55.3 Å². The largest absolute Gasteiger partial charge is 0.453 e. The fraction of sp³-hybridized carbons (Fsp3) is 0. The Hall–Kier alpha value is -6.33. The Labute approximate surface area is 265 Å². The highest BCUT2D eigenvalue weighted by molar-refractivity contribution is 6.10. The summed E-state index contributed by atoms with van der Waals surface area (Å²) in [7, 11) is 0. The Morgan fingerprint density at radius 2 is 1.09 bits per heavy atom. The molecule has 5 nitrogen and oxygen atoms in total. The molecule has 216 valence electrons. The summed E-state index contributed by atoms with van der Waals surface area (Å²) in [4.78, 5) is 15.2. The van der Waals surface area contributed by atoms with Gasteiger partial charge in [-0.1, -0.05) is 109 Å². The lowest BCUT2D eigenvalue weighted by Gasteiger charge is -2.11. The molecule has 0 bridgehead atoms. The smallest absolute Gasteiger partial charge is 0.199 e. The molecule has 9 rings (SSSR count). The molecule has 0 saturated carbocycles. The second-order valence-corrected chi connectivity index (χ2v) is 11.3. The molecule has 0 amide bonds. The van der Waals surface area contributed by atoms with Crippen molar-refractivity contribution in [3.05, 3.63) is 158 Å². The SMILES string of the molecule is c1ccc(-c2ccccc2-c2nc(-c3ccc4c(c3)c3ccccc3n4-c3ccccc3)nc(-c3cc4ccccc4o3)n2)cc1. The zero-order valence-corrected chi connectivity index (χ0v) is 24.7. The molecule has 0 fully saturated rings. The highest BCUT2D eigenvalue weighted by atomic mass is 16.3. The van der Waals surface area contributed by atoms with Crippen molar-refractivity contribution < 1.29 is 4.42 Å². The predicted octanol–water partition coefficient (Wildman–Crippen LogP) is 10.4. The molecule has 9 aromatic rings. The van der Waals surface area contributed by atoms with Gasteiger partial charge in [0.1, 0.15) is 5.58 Å². The Morgan fingerprint density at radius 1 is 0.435 bits per heavy atom. The normalized spacial score (nSPS) is 11.5. The fourth-order valence-corrected chi connectivity index (χ4v) is 6.34. The van der Waals surface area contributed by atoms with E-state index in [1.54, 1.807) is 0 Å². The Bertz CT molecular complexity index is 2500. The number of fused-ring (bicyclic) bond motifs is 4. The van der Waals surface area contributed by atoms with E-state index >= 15 is 0 Å². The number of nitrogens with zero attached hydrogens (tertiary/aromatic N) is 4. The second-order valence-electron chi connectivity index (χ2n) is 11.3. The number of furan rings is 1. The first-order chi connectivity index (χ1) is 22.8. The Balaban J connectivity index is 1.28. The summed E-state index contributed by atoms with van der Waals surface area (Å²) in [6.45, 7) is 0. The van der Waals surface area contributed by atoms with Gasteiger partial charge in [0.2, 0.25) is 0 Å². The molecule has 46 heavy (non-hydrogen) atoms. The van der Waals surface area contributed by atoms with Crippen molar-refractivity contribution >= 4 is 32.8 Å². The van der Waals surface area contributed by atoms with Gasteiger partial charge in [0.15, 0.2) is 23.2 Å². The quantitative estimate of drug-likeness (QED) is 0.200. The van der Waals surface area contributed by atoms with E-state index in [1.807, 2.05) is 66.7 Å². The van der Waals surface area contributed by atoms with Crippen molar-refractivity contribution in [2.24, 2.45) is 0 Å². The van der Waals surface area contributed by atoms with Crippen LogP contribution in [0.15, 0.2) is 162 Å². The molecule has 0 unspecified atom stereocenters. The van der Waals surface area contributed by atoms with Gasteiger partial charge in [0.25, 0.3) is 0 Å². The maximum atomic E-state index is 6.27. The molecule has 0 atom stereocenters. The van der Waals surface area contributed by atoms with Crippen molar-refractivity contribution in [1.29, 1.82) is 0 Å². The lowest BCUT2D eigenvalue weighted by Crippen LogP contribution is -2.01. The minimum absolute atomic E-state index is 0.492. The average Bonchev–Trinajstić information content (AvgIpc) is 3.72. The molecule has 0 radical (unpaired) electrons. The summed E-state index contributed by atoms with van der Waals surface area (Å²) in [6.07, 6.45) is 0. The van der Waals surface area contributed by atoms with Crippen LogP contribution in [0.25, 0.3) is 83.9 Å². The van der Waals surface area contributed by atoms with Crippen molar-refractivity contribution in [1.82, 2.24) is 19.5 Å². The molecule has 0 N–H and O–H groups in total. The maximum absolute atomic E-state index is 6.27. The average molecular weight is 591 g/mol.